The van der Waals surface area contributed by atoms with Crippen LogP contribution >= 0.6 is 0 Å². The van der Waals surface area contributed by atoms with Crippen molar-refractivity contribution < 1.29 is 27.2 Å². The molecule has 2 amide bonds. The van der Waals surface area contributed by atoms with E-state index in [4.69, 9.17) is 0 Å². The van der Waals surface area contributed by atoms with E-state index in [1.165, 1.54) is 12.4 Å². The molecule has 1 aliphatic rings. The van der Waals surface area contributed by atoms with Crippen LogP contribution < -0.4 is 16.0 Å². The zero-order chi connectivity index (χ0) is 23.7. The highest BCUT2D eigenvalue weighted by molar-refractivity contribution is 5.89. The third-order valence-corrected chi connectivity index (χ3v) is 5.01. The summed E-state index contributed by atoms with van der Waals surface area (Å²) in [6, 6.07) is 2.43. The third-order valence-electron chi connectivity index (χ3n) is 5.01. The lowest BCUT2D eigenvalue weighted by molar-refractivity contribution is -0.140. The number of halogens is 4. The van der Waals surface area contributed by atoms with E-state index in [0.29, 0.717) is 6.07 Å². The molecule has 172 valence electrons. The number of carbonyl (C=O) groups excluding carboxylic acids is 2. The van der Waals surface area contributed by atoms with E-state index in [9.17, 15) is 27.2 Å². The normalized spacial score (nSPS) is 20.4. The fraction of sp³-hybridized carbons (Fsp3) is 0.429. The largest absolute Gasteiger partial charge is 0.419 e. The van der Waals surface area contributed by atoms with E-state index in [2.05, 4.69) is 25.9 Å². The monoisotopic (exact) mass is 453 g/mol. The van der Waals surface area contributed by atoms with Crippen molar-refractivity contribution in [3.63, 3.8) is 0 Å². The number of alkyl halides is 3. The lowest BCUT2D eigenvalue weighted by atomic mass is 9.81. The Morgan fingerprint density at radius 1 is 1.19 bits per heavy atom. The SMILES string of the molecule is CC(C)(C)[C@@H](NC(=O)C1CC(=O)NC(c2ncccn2)N1)c1ccc(C(F)(F)F)c(F)c1. The van der Waals surface area contributed by atoms with Crippen LogP contribution in [0.25, 0.3) is 0 Å². The van der Waals surface area contributed by atoms with Gasteiger partial charge in [-0.3, -0.25) is 14.9 Å². The summed E-state index contributed by atoms with van der Waals surface area (Å²) in [4.78, 5) is 33.3. The standard InChI is InChI=1S/C21H23F4N5O2/c1-20(2,3)16(11-5-6-12(13(22)9-11)21(23,24)25)30-19(32)14-10-15(31)29-18(28-14)17-26-7-4-8-27-17/h4-9,14,16,18,28H,10H2,1-3H3,(H,29,31)(H,30,32)/t14?,16-,18?/m0/s1. The maximum absolute atomic E-state index is 14.2. The molecule has 3 rings (SSSR count). The van der Waals surface area contributed by atoms with Crippen molar-refractivity contribution >= 4 is 11.8 Å². The van der Waals surface area contributed by atoms with Crippen LogP contribution in [0.2, 0.25) is 0 Å². The molecule has 1 fully saturated rings. The van der Waals surface area contributed by atoms with Gasteiger partial charge in [0.1, 0.15) is 12.0 Å². The maximum atomic E-state index is 14.2. The van der Waals surface area contributed by atoms with E-state index in [1.54, 1.807) is 26.8 Å². The van der Waals surface area contributed by atoms with Gasteiger partial charge in [-0.15, -0.1) is 0 Å². The smallest absolute Gasteiger partial charge is 0.347 e. The summed E-state index contributed by atoms with van der Waals surface area (Å²) in [5.41, 5.74) is -1.86. The minimum atomic E-state index is -4.82. The molecule has 1 saturated heterocycles. The maximum Gasteiger partial charge on any atom is 0.419 e. The molecule has 3 atom stereocenters. The molecule has 2 aromatic rings. The van der Waals surface area contributed by atoms with Crippen LogP contribution in [0.15, 0.2) is 36.7 Å². The van der Waals surface area contributed by atoms with Crippen molar-refractivity contribution in [3.05, 3.63) is 59.4 Å². The number of nitrogens with zero attached hydrogens (tertiary/aromatic N) is 2. The first-order valence-corrected chi connectivity index (χ1v) is 9.85. The van der Waals surface area contributed by atoms with Gasteiger partial charge in [-0.25, -0.2) is 14.4 Å². The highest BCUT2D eigenvalue weighted by Crippen LogP contribution is 2.37. The van der Waals surface area contributed by atoms with Crippen molar-refractivity contribution in [1.82, 2.24) is 25.9 Å². The average molecular weight is 453 g/mol. The number of amides is 2. The fourth-order valence-electron chi connectivity index (χ4n) is 3.46. The summed E-state index contributed by atoms with van der Waals surface area (Å²) in [5, 5.41) is 8.36. The number of nitrogens with one attached hydrogen (secondary N) is 3. The molecule has 0 radical (unpaired) electrons. The van der Waals surface area contributed by atoms with Crippen molar-refractivity contribution in [2.24, 2.45) is 5.41 Å². The van der Waals surface area contributed by atoms with Gasteiger partial charge in [-0.1, -0.05) is 26.8 Å². The Morgan fingerprint density at radius 3 is 2.41 bits per heavy atom. The van der Waals surface area contributed by atoms with E-state index >= 15 is 0 Å². The van der Waals surface area contributed by atoms with Crippen LogP contribution in [0.1, 0.15) is 56.4 Å². The zero-order valence-electron chi connectivity index (χ0n) is 17.6. The highest BCUT2D eigenvalue weighted by atomic mass is 19.4. The molecule has 2 unspecified atom stereocenters. The molecule has 0 aliphatic carbocycles. The van der Waals surface area contributed by atoms with Crippen molar-refractivity contribution in [2.75, 3.05) is 0 Å². The number of hydrogen-bond acceptors (Lipinski definition) is 5. The Labute approximate surface area is 182 Å². The third kappa shape index (κ3) is 5.39. The summed E-state index contributed by atoms with van der Waals surface area (Å²) in [7, 11) is 0. The van der Waals surface area contributed by atoms with Gasteiger partial charge in [0.2, 0.25) is 11.8 Å². The summed E-state index contributed by atoms with van der Waals surface area (Å²) >= 11 is 0. The number of benzene rings is 1. The minimum Gasteiger partial charge on any atom is -0.347 e. The second-order valence-electron chi connectivity index (χ2n) is 8.58. The lowest BCUT2D eigenvalue weighted by Crippen LogP contribution is -2.57. The van der Waals surface area contributed by atoms with Gasteiger partial charge < -0.3 is 10.6 Å². The molecule has 3 N–H and O–H groups in total. The number of rotatable bonds is 4. The molecule has 32 heavy (non-hydrogen) atoms. The molecule has 1 aromatic carbocycles. The Bertz CT molecular complexity index is 992. The van der Waals surface area contributed by atoms with Crippen LogP contribution in [-0.2, 0) is 15.8 Å². The number of hydrogen-bond donors (Lipinski definition) is 3. The number of carbonyl (C=O) groups is 2. The molecule has 2 heterocycles. The first kappa shape index (κ1) is 23.6. The second-order valence-corrected chi connectivity index (χ2v) is 8.58. The van der Waals surface area contributed by atoms with Crippen molar-refractivity contribution in [1.29, 1.82) is 0 Å². The molecule has 0 spiro atoms. The van der Waals surface area contributed by atoms with Crippen LogP contribution in [0, 0.1) is 11.2 Å². The highest BCUT2D eigenvalue weighted by Gasteiger charge is 2.38. The summed E-state index contributed by atoms with van der Waals surface area (Å²) < 4.78 is 52.9. The van der Waals surface area contributed by atoms with Crippen molar-refractivity contribution in [3.8, 4) is 0 Å². The number of aromatic nitrogens is 2. The summed E-state index contributed by atoms with van der Waals surface area (Å²) in [6.07, 6.45) is -2.78. The summed E-state index contributed by atoms with van der Waals surface area (Å²) in [5.74, 6) is -2.10. The van der Waals surface area contributed by atoms with Gasteiger partial charge in [0.25, 0.3) is 0 Å². The Morgan fingerprint density at radius 2 is 1.84 bits per heavy atom. The molecule has 1 aliphatic heterocycles. The van der Waals surface area contributed by atoms with Crippen LogP contribution in [0.5, 0.6) is 0 Å². The molecule has 11 heteroatoms. The fourth-order valence-corrected chi connectivity index (χ4v) is 3.46. The Balaban J connectivity index is 1.82. The summed E-state index contributed by atoms with van der Waals surface area (Å²) in [6.45, 7) is 5.28. The predicted molar refractivity (Wildman–Crippen MR) is 106 cm³/mol. The zero-order valence-corrected chi connectivity index (χ0v) is 17.6. The van der Waals surface area contributed by atoms with E-state index in [0.717, 1.165) is 12.1 Å². The second kappa shape index (κ2) is 8.81. The van der Waals surface area contributed by atoms with Crippen LogP contribution in [0.3, 0.4) is 0 Å². The van der Waals surface area contributed by atoms with Gasteiger partial charge in [0.05, 0.1) is 24.1 Å². The van der Waals surface area contributed by atoms with Gasteiger partial charge in [0.15, 0.2) is 5.82 Å². The molecular weight excluding hydrogens is 430 g/mol. The molecule has 7 nitrogen and oxygen atoms in total. The lowest BCUT2D eigenvalue weighted by Gasteiger charge is -2.35. The van der Waals surface area contributed by atoms with E-state index in [-0.39, 0.29) is 17.8 Å². The van der Waals surface area contributed by atoms with Crippen LogP contribution in [-0.4, -0.2) is 27.8 Å². The quantitative estimate of drug-likeness (QED) is 0.619. The first-order chi connectivity index (χ1) is 14.9. The van der Waals surface area contributed by atoms with Gasteiger partial charge >= 0.3 is 6.18 Å². The first-order valence-electron chi connectivity index (χ1n) is 9.85. The minimum absolute atomic E-state index is 0.159. The van der Waals surface area contributed by atoms with Crippen LogP contribution in [0.4, 0.5) is 17.6 Å². The van der Waals surface area contributed by atoms with Gasteiger partial charge in [-0.05, 0) is 29.2 Å². The van der Waals surface area contributed by atoms with Crippen molar-refractivity contribution in [2.45, 2.75) is 51.6 Å². The molecule has 0 bridgehead atoms. The molecule has 0 saturated carbocycles. The average Bonchev–Trinajstić information content (AvgIpc) is 2.70. The molecule has 1 aromatic heterocycles. The molecular formula is C21H23F4N5O2. The Hall–Kier alpha value is -3.08. The van der Waals surface area contributed by atoms with E-state index < -0.39 is 53.0 Å². The predicted octanol–water partition coefficient (Wildman–Crippen LogP) is 3.01. The van der Waals surface area contributed by atoms with E-state index in [1.807, 2.05) is 0 Å². The van der Waals surface area contributed by atoms with Gasteiger partial charge in [-0.2, -0.15) is 13.2 Å². The topological polar surface area (TPSA) is 96.0 Å². The van der Waals surface area contributed by atoms with Gasteiger partial charge in [0, 0.05) is 12.4 Å². The Kier molecular flexibility index (Phi) is 6.49.